The van der Waals surface area contributed by atoms with Crippen molar-refractivity contribution in [1.82, 2.24) is 4.31 Å². The van der Waals surface area contributed by atoms with E-state index < -0.39 is 15.6 Å². The summed E-state index contributed by atoms with van der Waals surface area (Å²) in [7, 11) is -3.65. The molecular weight excluding hydrogens is 342 g/mol. The average Bonchev–Trinajstić information content (AvgIpc) is 2.24. The summed E-state index contributed by atoms with van der Waals surface area (Å²) >= 11 is 9.14. The zero-order valence-electron chi connectivity index (χ0n) is 9.73. The van der Waals surface area contributed by atoms with Crippen LogP contribution in [-0.2, 0) is 10.0 Å². The molecule has 1 aliphatic heterocycles. The van der Waals surface area contributed by atoms with Gasteiger partial charge in [0.1, 0.15) is 4.90 Å². The van der Waals surface area contributed by atoms with E-state index in [1.54, 1.807) is 12.1 Å². The number of hydrogen-bond donors (Lipinski definition) is 1. The van der Waals surface area contributed by atoms with Crippen molar-refractivity contribution in [3.05, 3.63) is 27.7 Å². The molecule has 0 atom stereocenters. The summed E-state index contributed by atoms with van der Waals surface area (Å²) in [5.41, 5.74) is -0.902. The Labute approximate surface area is 120 Å². The second-order valence-corrected chi connectivity index (χ2v) is 7.54. The van der Waals surface area contributed by atoms with Gasteiger partial charge in [-0.1, -0.05) is 24.6 Å². The van der Waals surface area contributed by atoms with Crippen LogP contribution in [0.4, 0.5) is 0 Å². The standard InChI is InChI=1S/C11H13BrClNO3S/c1-2-11(15)6-14(7-11)18(16,17)10-8(12)4-3-5-9(10)13/h3-5,15H,2,6-7H2,1H3. The molecule has 0 aromatic heterocycles. The van der Waals surface area contributed by atoms with Gasteiger partial charge in [-0.3, -0.25) is 0 Å². The van der Waals surface area contributed by atoms with Crippen LogP contribution < -0.4 is 0 Å². The molecule has 2 rings (SSSR count). The van der Waals surface area contributed by atoms with E-state index in [9.17, 15) is 13.5 Å². The summed E-state index contributed by atoms with van der Waals surface area (Å²) in [5, 5.41) is 10.1. The molecule has 0 aliphatic carbocycles. The Morgan fingerprint density at radius 2 is 2.11 bits per heavy atom. The van der Waals surface area contributed by atoms with Crippen LogP contribution in [0.25, 0.3) is 0 Å². The van der Waals surface area contributed by atoms with Crippen LogP contribution in [0.2, 0.25) is 5.02 Å². The van der Waals surface area contributed by atoms with Crippen LogP contribution in [0.5, 0.6) is 0 Å². The Balaban J connectivity index is 2.34. The van der Waals surface area contributed by atoms with Crippen LogP contribution in [0.15, 0.2) is 27.6 Å². The highest BCUT2D eigenvalue weighted by Crippen LogP contribution is 2.36. The molecule has 1 aliphatic rings. The van der Waals surface area contributed by atoms with Crippen molar-refractivity contribution in [1.29, 1.82) is 0 Å². The second-order valence-electron chi connectivity index (χ2n) is 4.40. The Morgan fingerprint density at radius 3 is 2.61 bits per heavy atom. The van der Waals surface area contributed by atoms with Crippen LogP contribution in [-0.4, -0.2) is 36.5 Å². The Morgan fingerprint density at radius 1 is 1.50 bits per heavy atom. The number of aliphatic hydroxyl groups is 1. The highest BCUT2D eigenvalue weighted by Gasteiger charge is 2.46. The summed E-state index contributed by atoms with van der Waals surface area (Å²) < 4.78 is 26.4. The predicted octanol–water partition coefficient (Wildman–Crippen LogP) is 2.25. The van der Waals surface area contributed by atoms with Crippen molar-refractivity contribution in [3.63, 3.8) is 0 Å². The first kappa shape index (κ1) is 14.3. The summed E-state index contributed by atoms with van der Waals surface area (Å²) in [5.74, 6) is 0. The van der Waals surface area contributed by atoms with E-state index in [4.69, 9.17) is 11.6 Å². The highest BCUT2D eigenvalue weighted by molar-refractivity contribution is 9.10. The number of hydrogen-bond acceptors (Lipinski definition) is 3. The van der Waals surface area contributed by atoms with Crippen molar-refractivity contribution in [3.8, 4) is 0 Å². The summed E-state index contributed by atoms with van der Waals surface area (Å²) in [6, 6.07) is 4.83. The fraction of sp³-hybridized carbons (Fsp3) is 0.455. The molecule has 0 amide bonds. The van der Waals surface area contributed by atoms with Gasteiger partial charge >= 0.3 is 0 Å². The fourth-order valence-corrected chi connectivity index (χ4v) is 5.13. The van der Waals surface area contributed by atoms with Gasteiger partial charge in [0.15, 0.2) is 0 Å². The molecule has 1 saturated heterocycles. The van der Waals surface area contributed by atoms with Crippen molar-refractivity contribution >= 4 is 37.6 Å². The Kier molecular flexibility index (Phi) is 3.77. The Hall–Kier alpha value is -0.140. The smallest absolute Gasteiger partial charge is 0.245 e. The molecular formula is C11H13BrClNO3S. The number of β-amino-alcohol motifs (C(OH)–C–C–N with tert-alkyl or cyclic N) is 1. The lowest BCUT2D eigenvalue weighted by Gasteiger charge is -2.45. The SMILES string of the molecule is CCC1(O)CN(S(=O)(=O)c2c(Cl)cccc2Br)C1. The minimum Gasteiger partial charge on any atom is -0.387 e. The summed E-state index contributed by atoms with van der Waals surface area (Å²) in [6.07, 6.45) is 0.530. The molecule has 18 heavy (non-hydrogen) atoms. The van der Waals surface area contributed by atoms with Gasteiger partial charge in [0.2, 0.25) is 10.0 Å². The van der Waals surface area contributed by atoms with Gasteiger partial charge in [0.25, 0.3) is 0 Å². The minimum absolute atomic E-state index is 0.0600. The maximum atomic E-state index is 12.4. The highest BCUT2D eigenvalue weighted by atomic mass is 79.9. The van der Waals surface area contributed by atoms with Crippen LogP contribution >= 0.6 is 27.5 Å². The van der Waals surface area contributed by atoms with Crippen molar-refractivity contribution in [2.24, 2.45) is 0 Å². The van der Waals surface area contributed by atoms with E-state index in [1.807, 2.05) is 6.92 Å². The van der Waals surface area contributed by atoms with Crippen molar-refractivity contribution in [2.45, 2.75) is 23.8 Å². The van der Waals surface area contributed by atoms with E-state index in [0.717, 1.165) is 0 Å². The fourth-order valence-electron chi connectivity index (χ4n) is 1.86. The summed E-state index contributed by atoms with van der Waals surface area (Å²) in [6.45, 7) is 2.06. The van der Waals surface area contributed by atoms with E-state index >= 15 is 0 Å². The number of nitrogens with zero attached hydrogens (tertiary/aromatic N) is 1. The molecule has 0 spiro atoms. The predicted molar refractivity (Wildman–Crippen MR) is 73.2 cm³/mol. The zero-order valence-corrected chi connectivity index (χ0v) is 12.9. The van der Waals surface area contributed by atoms with Crippen molar-refractivity contribution in [2.75, 3.05) is 13.1 Å². The van der Waals surface area contributed by atoms with Gasteiger partial charge in [0.05, 0.1) is 10.6 Å². The monoisotopic (exact) mass is 353 g/mol. The molecule has 4 nitrogen and oxygen atoms in total. The maximum Gasteiger partial charge on any atom is 0.245 e. The number of rotatable bonds is 3. The van der Waals surface area contributed by atoms with Gasteiger partial charge in [-0.25, -0.2) is 8.42 Å². The van der Waals surface area contributed by atoms with Crippen LogP contribution in [0, 0.1) is 0 Å². The third-order valence-corrected chi connectivity index (χ3v) is 6.36. The van der Waals surface area contributed by atoms with E-state index in [1.165, 1.54) is 10.4 Å². The van der Waals surface area contributed by atoms with Gasteiger partial charge in [-0.15, -0.1) is 0 Å². The molecule has 0 radical (unpaired) electrons. The summed E-state index contributed by atoms with van der Waals surface area (Å²) in [4.78, 5) is 0.0600. The van der Waals surface area contributed by atoms with Gasteiger partial charge in [-0.2, -0.15) is 4.31 Å². The number of sulfonamides is 1. The molecule has 0 bridgehead atoms. The molecule has 7 heteroatoms. The van der Waals surface area contributed by atoms with Gasteiger partial charge < -0.3 is 5.11 Å². The zero-order chi connectivity index (χ0) is 13.6. The third-order valence-electron chi connectivity index (χ3n) is 3.12. The molecule has 1 heterocycles. The molecule has 1 fully saturated rings. The quantitative estimate of drug-likeness (QED) is 0.906. The first-order chi connectivity index (χ1) is 8.30. The van der Waals surface area contributed by atoms with E-state index in [0.29, 0.717) is 10.9 Å². The molecule has 0 unspecified atom stereocenters. The largest absolute Gasteiger partial charge is 0.387 e. The lowest BCUT2D eigenvalue weighted by molar-refractivity contribution is -0.0613. The van der Waals surface area contributed by atoms with Gasteiger partial charge in [0, 0.05) is 17.6 Å². The topological polar surface area (TPSA) is 57.6 Å². The second kappa shape index (κ2) is 4.76. The lowest BCUT2D eigenvalue weighted by Crippen LogP contribution is -2.62. The van der Waals surface area contributed by atoms with Crippen LogP contribution in [0.3, 0.4) is 0 Å². The first-order valence-corrected chi connectivity index (χ1v) is 8.08. The Bertz CT molecular complexity index is 549. The molecule has 100 valence electrons. The first-order valence-electron chi connectivity index (χ1n) is 5.47. The van der Waals surface area contributed by atoms with Crippen molar-refractivity contribution < 1.29 is 13.5 Å². The molecule has 1 aromatic rings. The number of halogens is 2. The van der Waals surface area contributed by atoms with Crippen LogP contribution in [0.1, 0.15) is 13.3 Å². The maximum absolute atomic E-state index is 12.4. The van der Waals surface area contributed by atoms with E-state index in [2.05, 4.69) is 15.9 Å². The minimum atomic E-state index is -3.65. The van der Waals surface area contributed by atoms with Gasteiger partial charge in [-0.05, 0) is 34.5 Å². The lowest BCUT2D eigenvalue weighted by atomic mass is 9.94. The third kappa shape index (κ3) is 2.32. The van der Waals surface area contributed by atoms with E-state index in [-0.39, 0.29) is 23.0 Å². The molecule has 1 N–H and O–H groups in total. The average molecular weight is 355 g/mol. The number of benzene rings is 1. The normalized spacial score (nSPS) is 19.6. The molecule has 0 saturated carbocycles. The molecule has 1 aromatic carbocycles.